The van der Waals surface area contributed by atoms with Crippen LogP contribution in [0.15, 0.2) is 24.3 Å². The van der Waals surface area contributed by atoms with Crippen LogP contribution in [0.4, 0.5) is 0 Å². The second-order valence-corrected chi connectivity index (χ2v) is 2.94. The Hall–Kier alpha value is -1.84. The zero-order valence-corrected chi connectivity index (χ0v) is 7.49. The normalized spacial score (nSPS) is 9.71. The number of benzene rings is 1. The first kappa shape index (κ1) is 10.2. The molecule has 0 heterocycles. The van der Waals surface area contributed by atoms with Gasteiger partial charge in [0.15, 0.2) is 0 Å². The highest BCUT2D eigenvalue weighted by Gasteiger charge is 2.07. The summed E-state index contributed by atoms with van der Waals surface area (Å²) in [6, 6.07) is 6.77. The van der Waals surface area contributed by atoms with Crippen LogP contribution in [-0.2, 0) is 22.4 Å². The minimum absolute atomic E-state index is 0.0244. The molecule has 0 fully saturated rings. The maximum absolute atomic E-state index is 10.6. The van der Waals surface area contributed by atoms with E-state index in [1.165, 1.54) is 0 Å². The number of hydrogen-bond acceptors (Lipinski definition) is 2. The van der Waals surface area contributed by atoms with E-state index in [4.69, 9.17) is 10.8 Å². The fourth-order valence-electron chi connectivity index (χ4n) is 1.24. The van der Waals surface area contributed by atoms with Crippen molar-refractivity contribution in [1.29, 1.82) is 0 Å². The predicted molar refractivity (Wildman–Crippen MR) is 49.6 cm³/mol. The monoisotopic (exact) mass is 192 g/mol. The molecule has 4 nitrogen and oxygen atoms in total. The number of carboxylic acids is 1. The van der Waals surface area contributed by atoms with E-state index in [1.807, 2.05) is 0 Å². The third-order valence-electron chi connectivity index (χ3n) is 1.81. The SMILES string of the molecule is [NH]C(=O)Cc1ccccc1CC(=O)O. The number of rotatable bonds is 4. The van der Waals surface area contributed by atoms with Crippen LogP contribution < -0.4 is 5.73 Å². The lowest BCUT2D eigenvalue weighted by molar-refractivity contribution is -0.136. The van der Waals surface area contributed by atoms with Gasteiger partial charge in [0.05, 0.1) is 12.8 Å². The fraction of sp³-hybridized carbons (Fsp3) is 0.200. The van der Waals surface area contributed by atoms with Gasteiger partial charge in [0, 0.05) is 0 Å². The molecule has 1 amide bonds. The maximum atomic E-state index is 10.6. The Morgan fingerprint density at radius 2 is 1.64 bits per heavy atom. The number of carbonyl (C=O) groups excluding carboxylic acids is 1. The molecule has 0 aliphatic rings. The van der Waals surface area contributed by atoms with E-state index < -0.39 is 11.9 Å². The number of amides is 1. The minimum atomic E-state index is -0.935. The number of carbonyl (C=O) groups is 2. The van der Waals surface area contributed by atoms with Gasteiger partial charge in [-0.25, -0.2) is 0 Å². The molecule has 2 N–H and O–H groups in total. The van der Waals surface area contributed by atoms with Crippen molar-refractivity contribution in [2.45, 2.75) is 12.8 Å². The zero-order valence-electron chi connectivity index (χ0n) is 7.49. The van der Waals surface area contributed by atoms with E-state index in [0.29, 0.717) is 11.1 Å². The van der Waals surface area contributed by atoms with Gasteiger partial charge >= 0.3 is 5.97 Å². The Bertz CT molecular complexity index is 325. The lowest BCUT2D eigenvalue weighted by Crippen LogP contribution is -2.08. The van der Waals surface area contributed by atoms with Crippen molar-refractivity contribution in [2.24, 2.45) is 0 Å². The van der Waals surface area contributed by atoms with Gasteiger partial charge in [-0.2, -0.15) is 0 Å². The second-order valence-electron chi connectivity index (χ2n) is 2.94. The van der Waals surface area contributed by atoms with Crippen LogP contribution in [0.25, 0.3) is 0 Å². The predicted octanol–water partition coefficient (Wildman–Crippen LogP) is 0.666. The summed E-state index contributed by atoms with van der Waals surface area (Å²) in [5.74, 6) is -1.64. The van der Waals surface area contributed by atoms with E-state index in [-0.39, 0.29) is 12.8 Å². The van der Waals surface area contributed by atoms with Crippen LogP contribution in [0, 0.1) is 0 Å². The Balaban J connectivity index is 2.90. The van der Waals surface area contributed by atoms with Gasteiger partial charge in [0.25, 0.3) is 0 Å². The number of aliphatic carboxylic acids is 1. The van der Waals surface area contributed by atoms with Crippen LogP contribution in [0.1, 0.15) is 11.1 Å². The molecule has 14 heavy (non-hydrogen) atoms. The molecule has 0 unspecified atom stereocenters. The third kappa shape index (κ3) is 2.90. The highest BCUT2D eigenvalue weighted by molar-refractivity contribution is 5.77. The highest BCUT2D eigenvalue weighted by atomic mass is 16.4. The average Bonchev–Trinajstić information content (AvgIpc) is 2.06. The third-order valence-corrected chi connectivity index (χ3v) is 1.81. The van der Waals surface area contributed by atoms with Crippen molar-refractivity contribution in [3.63, 3.8) is 0 Å². The van der Waals surface area contributed by atoms with E-state index in [0.717, 1.165) is 0 Å². The van der Waals surface area contributed by atoms with Crippen LogP contribution >= 0.6 is 0 Å². The molecule has 73 valence electrons. The van der Waals surface area contributed by atoms with Crippen LogP contribution in [0.3, 0.4) is 0 Å². The molecule has 0 aromatic heterocycles. The van der Waals surface area contributed by atoms with Crippen molar-refractivity contribution in [3.8, 4) is 0 Å². The summed E-state index contributed by atoms with van der Waals surface area (Å²) in [5.41, 5.74) is 8.03. The van der Waals surface area contributed by atoms with E-state index in [1.54, 1.807) is 24.3 Å². The van der Waals surface area contributed by atoms with Gasteiger partial charge in [0.2, 0.25) is 5.91 Å². The summed E-state index contributed by atoms with van der Waals surface area (Å²) in [5, 5.41) is 8.59. The van der Waals surface area contributed by atoms with Crippen molar-refractivity contribution >= 4 is 11.9 Å². The van der Waals surface area contributed by atoms with E-state index >= 15 is 0 Å². The molecule has 0 aliphatic heterocycles. The summed E-state index contributed by atoms with van der Waals surface area (Å²) < 4.78 is 0. The first-order valence-electron chi connectivity index (χ1n) is 4.12. The van der Waals surface area contributed by atoms with Crippen LogP contribution in [0.5, 0.6) is 0 Å². The quantitative estimate of drug-likeness (QED) is 0.761. The van der Waals surface area contributed by atoms with Gasteiger partial charge in [0.1, 0.15) is 0 Å². The summed E-state index contributed by atoms with van der Waals surface area (Å²) in [6.07, 6.45) is -0.132. The second kappa shape index (κ2) is 4.41. The van der Waals surface area contributed by atoms with Crippen molar-refractivity contribution in [3.05, 3.63) is 35.4 Å². The fourth-order valence-corrected chi connectivity index (χ4v) is 1.24. The minimum Gasteiger partial charge on any atom is -0.481 e. The molecule has 1 aromatic carbocycles. The molecule has 0 atom stereocenters. The average molecular weight is 192 g/mol. The molecular formula is C10H10NO3. The Morgan fingerprint density at radius 1 is 1.14 bits per heavy atom. The topological polar surface area (TPSA) is 78.2 Å². The number of carboxylic acid groups (broad SMARTS) is 1. The van der Waals surface area contributed by atoms with Crippen molar-refractivity contribution in [1.82, 2.24) is 5.73 Å². The van der Waals surface area contributed by atoms with E-state index in [2.05, 4.69) is 0 Å². The first-order valence-corrected chi connectivity index (χ1v) is 4.12. The molecule has 4 heteroatoms. The van der Waals surface area contributed by atoms with Gasteiger partial charge < -0.3 is 5.11 Å². The molecule has 1 rings (SSSR count). The standard InChI is InChI=1S/C10H10NO3/c11-9(12)5-7-3-1-2-4-8(7)6-10(13)14/h1-4,11H,5-6H2,(H,13,14). The van der Waals surface area contributed by atoms with Crippen LogP contribution in [0.2, 0.25) is 0 Å². The van der Waals surface area contributed by atoms with Crippen LogP contribution in [-0.4, -0.2) is 17.0 Å². The smallest absolute Gasteiger partial charge is 0.307 e. The van der Waals surface area contributed by atoms with E-state index in [9.17, 15) is 9.59 Å². The Kier molecular flexibility index (Phi) is 3.23. The van der Waals surface area contributed by atoms with Crippen molar-refractivity contribution in [2.75, 3.05) is 0 Å². The zero-order chi connectivity index (χ0) is 10.6. The lowest BCUT2D eigenvalue weighted by atomic mass is 10.0. The number of hydrogen-bond donors (Lipinski definition) is 1. The molecule has 0 saturated carbocycles. The highest BCUT2D eigenvalue weighted by Crippen LogP contribution is 2.10. The van der Waals surface area contributed by atoms with Gasteiger partial charge in [-0.1, -0.05) is 24.3 Å². The molecule has 0 spiro atoms. The summed E-state index contributed by atoms with van der Waals surface area (Å²) in [6.45, 7) is 0. The Morgan fingerprint density at radius 3 is 2.07 bits per heavy atom. The largest absolute Gasteiger partial charge is 0.481 e. The van der Waals surface area contributed by atoms with Gasteiger partial charge in [-0.15, -0.1) is 0 Å². The molecule has 1 aromatic rings. The summed E-state index contributed by atoms with van der Waals surface area (Å²) in [4.78, 5) is 21.0. The molecule has 0 aliphatic carbocycles. The van der Waals surface area contributed by atoms with Gasteiger partial charge in [-0.3, -0.25) is 15.3 Å². The van der Waals surface area contributed by atoms with Crippen molar-refractivity contribution < 1.29 is 14.7 Å². The molecular weight excluding hydrogens is 182 g/mol. The summed E-state index contributed by atoms with van der Waals surface area (Å²) in [7, 11) is 0. The molecule has 1 radical (unpaired) electrons. The molecule has 0 saturated heterocycles. The number of nitrogens with one attached hydrogen (secondary N) is 1. The Labute approximate surface area is 81.3 Å². The first-order chi connectivity index (χ1) is 6.59. The van der Waals surface area contributed by atoms with Gasteiger partial charge in [-0.05, 0) is 11.1 Å². The lowest BCUT2D eigenvalue weighted by Gasteiger charge is -2.04. The maximum Gasteiger partial charge on any atom is 0.307 e. The summed E-state index contributed by atoms with van der Waals surface area (Å²) >= 11 is 0. The molecule has 0 bridgehead atoms.